The monoisotopic (exact) mass is 484 g/mol. The fourth-order valence-corrected chi connectivity index (χ4v) is 3.20. The molecule has 3 N–H and O–H groups in total. The molecule has 1 aromatic carbocycles. The number of nitrogens with two attached hydrogens (primary N) is 1. The zero-order valence-electron chi connectivity index (χ0n) is 17.2. The zero-order valence-corrected chi connectivity index (χ0v) is 18.8. The van der Waals surface area contributed by atoms with Gasteiger partial charge in [-0.15, -0.1) is 0 Å². The van der Waals surface area contributed by atoms with E-state index in [1.807, 2.05) is 20.8 Å². The summed E-state index contributed by atoms with van der Waals surface area (Å²) in [6.45, 7) is 5.72. The van der Waals surface area contributed by atoms with Crippen molar-refractivity contribution in [2.24, 2.45) is 5.92 Å². The smallest absolute Gasteiger partial charge is 0.330 e. The normalized spacial score (nSPS) is 11.0. The Kier molecular flexibility index (Phi) is 8.22. The summed E-state index contributed by atoms with van der Waals surface area (Å²) in [6, 6.07) is 4.20. The number of halogens is 2. The average molecular weight is 485 g/mol. The second-order valence-electron chi connectivity index (χ2n) is 7.26. The van der Waals surface area contributed by atoms with Crippen LogP contribution in [0.3, 0.4) is 0 Å². The van der Waals surface area contributed by atoms with Crippen LogP contribution in [0.4, 0.5) is 15.9 Å². The molecule has 0 radical (unpaired) electrons. The van der Waals surface area contributed by atoms with Gasteiger partial charge in [0.15, 0.2) is 23.9 Å². The molecule has 0 fully saturated rings. The summed E-state index contributed by atoms with van der Waals surface area (Å²) in [5, 5.41) is 0. The number of hydrogen-bond acceptors (Lipinski definition) is 5. The van der Waals surface area contributed by atoms with Gasteiger partial charge in [0.2, 0.25) is 0 Å². The molecule has 0 spiro atoms. The highest BCUT2D eigenvalue weighted by molar-refractivity contribution is 9.10. The predicted molar refractivity (Wildman–Crippen MR) is 117 cm³/mol. The van der Waals surface area contributed by atoms with Crippen molar-refractivity contribution in [3.63, 3.8) is 0 Å². The first-order valence-electron chi connectivity index (χ1n) is 9.66. The number of carbonyl (C=O) groups excluding carboxylic acids is 1. The summed E-state index contributed by atoms with van der Waals surface area (Å²) in [7, 11) is 0. The Morgan fingerprint density at radius 2 is 2.07 bits per heavy atom. The van der Waals surface area contributed by atoms with Crippen molar-refractivity contribution in [2.75, 3.05) is 23.8 Å². The number of amides is 1. The van der Waals surface area contributed by atoms with Crippen LogP contribution in [0.15, 0.2) is 32.3 Å². The van der Waals surface area contributed by atoms with Crippen LogP contribution in [0.2, 0.25) is 0 Å². The average Bonchev–Trinajstić information content (AvgIpc) is 2.66. The lowest BCUT2D eigenvalue weighted by Gasteiger charge is -2.25. The zero-order chi connectivity index (χ0) is 22.4. The van der Waals surface area contributed by atoms with Gasteiger partial charge in [-0.05, 0) is 30.5 Å². The third-order valence-corrected chi connectivity index (χ3v) is 4.81. The van der Waals surface area contributed by atoms with Gasteiger partial charge in [-0.1, -0.05) is 43.1 Å². The predicted octanol–water partition coefficient (Wildman–Crippen LogP) is 2.89. The van der Waals surface area contributed by atoms with Crippen molar-refractivity contribution in [2.45, 2.75) is 40.2 Å². The van der Waals surface area contributed by atoms with E-state index in [-0.39, 0.29) is 36.3 Å². The molecule has 0 saturated heterocycles. The fourth-order valence-electron chi connectivity index (χ4n) is 2.87. The van der Waals surface area contributed by atoms with Gasteiger partial charge >= 0.3 is 5.69 Å². The van der Waals surface area contributed by atoms with Crippen molar-refractivity contribution in [1.82, 2.24) is 9.55 Å². The number of nitrogen functional groups attached to an aromatic ring is 1. The van der Waals surface area contributed by atoms with Gasteiger partial charge in [0, 0.05) is 17.6 Å². The van der Waals surface area contributed by atoms with Crippen molar-refractivity contribution >= 4 is 33.3 Å². The van der Waals surface area contributed by atoms with E-state index in [2.05, 4.69) is 20.9 Å². The molecule has 0 saturated carbocycles. The van der Waals surface area contributed by atoms with Gasteiger partial charge in [0.25, 0.3) is 11.5 Å². The van der Waals surface area contributed by atoms with Crippen LogP contribution in [0.5, 0.6) is 5.75 Å². The maximum absolute atomic E-state index is 14.0. The van der Waals surface area contributed by atoms with E-state index in [9.17, 15) is 18.8 Å². The highest BCUT2D eigenvalue weighted by Gasteiger charge is 2.24. The number of nitrogens with one attached hydrogen (secondary N) is 1. The number of aromatic nitrogens is 2. The van der Waals surface area contributed by atoms with Crippen LogP contribution < -0.4 is 26.6 Å². The van der Waals surface area contributed by atoms with Crippen molar-refractivity contribution in [3.05, 3.63) is 49.3 Å². The Hall–Kier alpha value is -2.62. The number of ether oxygens (including phenoxy) is 1. The van der Waals surface area contributed by atoms with Crippen LogP contribution in [-0.2, 0) is 11.3 Å². The van der Waals surface area contributed by atoms with Gasteiger partial charge in [0.05, 0.1) is 0 Å². The summed E-state index contributed by atoms with van der Waals surface area (Å²) >= 11 is 3.15. The molecule has 1 aromatic heterocycles. The fraction of sp³-hybridized carbons (Fsp3) is 0.450. The van der Waals surface area contributed by atoms with E-state index < -0.39 is 29.6 Å². The van der Waals surface area contributed by atoms with Crippen LogP contribution in [-0.4, -0.2) is 28.6 Å². The second kappa shape index (κ2) is 10.4. The molecule has 1 amide bonds. The second-order valence-corrected chi connectivity index (χ2v) is 8.18. The van der Waals surface area contributed by atoms with Crippen molar-refractivity contribution < 1.29 is 13.9 Å². The van der Waals surface area contributed by atoms with Crippen LogP contribution in [0.25, 0.3) is 0 Å². The van der Waals surface area contributed by atoms with Crippen LogP contribution in [0, 0.1) is 11.7 Å². The molecule has 0 aliphatic carbocycles. The topological polar surface area (TPSA) is 110 Å². The highest BCUT2D eigenvalue weighted by atomic mass is 79.9. The summed E-state index contributed by atoms with van der Waals surface area (Å²) in [5.74, 6) is -1.28. The number of unbranched alkanes of at least 4 members (excludes halogenated alkanes) is 1. The molecule has 0 unspecified atom stereocenters. The molecule has 164 valence electrons. The maximum atomic E-state index is 14.0. The summed E-state index contributed by atoms with van der Waals surface area (Å²) in [4.78, 5) is 41.0. The third kappa shape index (κ3) is 5.71. The summed E-state index contributed by atoms with van der Waals surface area (Å²) < 4.78 is 21.1. The van der Waals surface area contributed by atoms with E-state index in [4.69, 9.17) is 10.5 Å². The summed E-state index contributed by atoms with van der Waals surface area (Å²) in [6.07, 6.45) is 1.36. The van der Waals surface area contributed by atoms with Gasteiger partial charge in [-0.3, -0.25) is 19.1 Å². The Morgan fingerprint density at radius 3 is 2.67 bits per heavy atom. The Bertz CT molecular complexity index is 1020. The van der Waals surface area contributed by atoms with Crippen LogP contribution >= 0.6 is 15.9 Å². The van der Waals surface area contributed by atoms with Gasteiger partial charge in [-0.2, -0.15) is 0 Å². The lowest BCUT2D eigenvalue weighted by atomic mass is 10.2. The minimum Gasteiger partial charge on any atom is -0.481 e. The van der Waals surface area contributed by atoms with Gasteiger partial charge in [0.1, 0.15) is 5.82 Å². The SMILES string of the molecule is CCCCN(C(=O)COc1ccc(Br)cc1F)c1c(N)n(CC(C)C)c(=O)[nH]c1=O. The molecule has 1 heterocycles. The first-order chi connectivity index (χ1) is 14.1. The van der Waals surface area contributed by atoms with E-state index in [0.717, 1.165) is 6.42 Å². The maximum Gasteiger partial charge on any atom is 0.330 e. The van der Waals surface area contributed by atoms with E-state index >= 15 is 0 Å². The number of anilines is 2. The third-order valence-electron chi connectivity index (χ3n) is 4.31. The molecule has 0 aliphatic rings. The Morgan fingerprint density at radius 1 is 1.37 bits per heavy atom. The molecular formula is C20H26BrFN4O4. The van der Waals surface area contributed by atoms with Crippen LogP contribution in [0.1, 0.15) is 33.6 Å². The highest BCUT2D eigenvalue weighted by Crippen LogP contribution is 2.22. The molecule has 2 aromatic rings. The molecule has 0 atom stereocenters. The van der Waals surface area contributed by atoms with Gasteiger partial charge in [-0.25, -0.2) is 9.18 Å². The largest absolute Gasteiger partial charge is 0.481 e. The number of aromatic amines is 1. The molecular weight excluding hydrogens is 459 g/mol. The molecule has 2 rings (SSSR count). The molecule has 10 heteroatoms. The number of hydrogen-bond donors (Lipinski definition) is 2. The number of rotatable bonds is 9. The lowest BCUT2D eigenvalue weighted by Crippen LogP contribution is -2.43. The van der Waals surface area contributed by atoms with E-state index in [1.54, 1.807) is 6.07 Å². The first kappa shape index (κ1) is 23.7. The van der Waals surface area contributed by atoms with E-state index in [1.165, 1.54) is 21.6 Å². The standard InChI is InChI=1S/C20H26BrFN4O4/c1-4-5-8-25(16(27)11-30-15-7-6-13(21)9-14(15)22)17-18(23)26(10-12(2)3)20(29)24-19(17)28/h6-7,9,12H,4-5,8,10-11,23H2,1-3H3,(H,24,28,29). The molecule has 0 bridgehead atoms. The number of carbonyl (C=O) groups is 1. The molecule has 30 heavy (non-hydrogen) atoms. The molecule has 0 aliphatic heterocycles. The van der Waals surface area contributed by atoms with E-state index in [0.29, 0.717) is 10.9 Å². The quantitative estimate of drug-likeness (QED) is 0.568. The number of nitrogens with zero attached hydrogens (tertiary/aromatic N) is 2. The first-order valence-corrected chi connectivity index (χ1v) is 10.5. The summed E-state index contributed by atoms with van der Waals surface area (Å²) in [5.41, 5.74) is 4.65. The minimum absolute atomic E-state index is 0.0864. The van der Waals surface area contributed by atoms with Crippen molar-refractivity contribution in [1.29, 1.82) is 0 Å². The number of benzene rings is 1. The minimum atomic E-state index is -0.753. The Balaban J connectivity index is 2.38. The number of H-pyrrole nitrogens is 1. The lowest BCUT2D eigenvalue weighted by molar-refractivity contribution is -0.120. The Labute approximate surface area is 182 Å². The van der Waals surface area contributed by atoms with Gasteiger partial charge < -0.3 is 15.4 Å². The van der Waals surface area contributed by atoms with Crippen molar-refractivity contribution in [3.8, 4) is 5.75 Å². The molecule has 8 nitrogen and oxygen atoms in total.